The lowest BCUT2D eigenvalue weighted by Gasteiger charge is -2.09. The fourth-order valence-corrected chi connectivity index (χ4v) is 2.55. The van der Waals surface area contributed by atoms with Crippen molar-refractivity contribution < 1.29 is 9.59 Å². The molecule has 110 valence electrons. The van der Waals surface area contributed by atoms with Crippen molar-refractivity contribution in [2.45, 2.75) is 19.0 Å². The maximum atomic E-state index is 11.4. The van der Waals surface area contributed by atoms with Crippen molar-refractivity contribution in [2.24, 2.45) is 5.73 Å². The third kappa shape index (κ3) is 3.85. The molecule has 0 fully saturated rings. The van der Waals surface area contributed by atoms with E-state index in [-0.39, 0.29) is 5.75 Å². The summed E-state index contributed by atoms with van der Waals surface area (Å²) in [6.45, 7) is 4.10. The molecule has 21 heavy (non-hydrogen) atoms. The van der Waals surface area contributed by atoms with Gasteiger partial charge in [-0.1, -0.05) is 17.8 Å². The quantitative estimate of drug-likeness (QED) is 0.842. The van der Waals surface area contributed by atoms with Crippen LogP contribution in [0.15, 0.2) is 35.7 Å². The number of benzene rings is 1. The Labute approximate surface area is 126 Å². The molecule has 1 aromatic carbocycles. The van der Waals surface area contributed by atoms with Gasteiger partial charge in [0.2, 0.25) is 5.91 Å². The van der Waals surface area contributed by atoms with E-state index in [9.17, 15) is 9.59 Å². The van der Waals surface area contributed by atoms with Crippen LogP contribution in [0.25, 0.3) is 5.69 Å². The molecule has 6 nitrogen and oxygen atoms in total. The molecule has 0 aliphatic heterocycles. The van der Waals surface area contributed by atoms with Crippen molar-refractivity contribution >= 4 is 23.7 Å². The lowest BCUT2D eigenvalue weighted by molar-refractivity contribution is -0.117. The molecule has 0 spiro atoms. The summed E-state index contributed by atoms with van der Waals surface area (Å²) in [7, 11) is 0. The minimum absolute atomic E-state index is 0.0742. The van der Waals surface area contributed by atoms with E-state index in [1.54, 1.807) is 6.20 Å². The second kappa shape index (κ2) is 6.45. The van der Waals surface area contributed by atoms with Crippen LogP contribution >= 0.6 is 11.8 Å². The number of rotatable bonds is 4. The number of nitrogens with one attached hydrogen (secondary N) is 1. The van der Waals surface area contributed by atoms with E-state index < -0.39 is 11.9 Å². The number of imide groups is 1. The van der Waals surface area contributed by atoms with Gasteiger partial charge in [-0.05, 0) is 37.1 Å². The third-order valence-corrected chi connectivity index (χ3v) is 3.94. The van der Waals surface area contributed by atoms with Gasteiger partial charge in [-0.3, -0.25) is 14.7 Å². The van der Waals surface area contributed by atoms with Crippen molar-refractivity contribution in [3.63, 3.8) is 0 Å². The smallest absolute Gasteiger partial charge is 0.318 e. The Kier molecular flexibility index (Phi) is 4.64. The van der Waals surface area contributed by atoms with Crippen molar-refractivity contribution in [1.29, 1.82) is 0 Å². The Morgan fingerprint density at radius 3 is 2.76 bits per heavy atom. The predicted octanol–water partition coefficient (Wildman–Crippen LogP) is 1.78. The highest BCUT2D eigenvalue weighted by atomic mass is 32.2. The molecule has 7 heteroatoms. The molecular weight excluding hydrogens is 288 g/mol. The number of aryl methyl sites for hydroxylation is 2. The standard InChI is InChI=1S/C14H16N4O2S/c1-9-3-4-11(7-10(9)2)18-6-5-16-14(18)21-8-12(19)17-13(15)20/h3-7H,8H2,1-2H3,(H3,15,17,19,20). The predicted molar refractivity (Wildman–Crippen MR) is 81.5 cm³/mol. The zero-order chi connectivity index (χ0) is 15.4. The number of primary amides is 1. The molecule has 0 unspecified atom stereocenters. The van der Waals surface area contributed by atoms with Crippen LogP contribution in [0.5, 0.6) is 0 Å². The zero-order valence-corrected chi connectivity index (χ0v) is 12.6. The topological polar surface area (TPSA) is 90.0 Å². The van der Waals surface area contributed by atoms with Crippen LogP contribution in [0.2, 0.25) is 0 Å². The minimum Gasteiger partial charge on any atom is -0.351 e. The summed E-state index contributed by atoms with van der Waals surface area (Å²) in [5.74, 6) is -0.368. The fraction of sp³-hybridized carbons (Fsp3) is 0.214. The molecule has 1 aromatic heterocycles. The molecule has 2 rings (SSSR count). The van der Waals surface area contributed by atoms with Crippen molar-refractivity contribution in [1.82, 2.24) is 14.9 Å². The summed E-state index contributed by atoms with van der Waals surface area (Å²) in [4.78, 5) is 26.2. The number of nitrogens with two attached hydrogens (primary N) is 1. The van der Waals surface area contributed by atoms with Gasteiger partial charge >= 0.3 is 6.03 Å². The van der Waals surface area contributed by atoms with E-state index in [2.05, 4.69) is 18.0 Å². The van der Waals surface area contributed by atoms with Gasteiger partial charge in [0.1, 0.15) is 0 Å². The van der Waals surface area contributed by atoms with Gasteiger partial charge in [-0.2, -0.15) is 0 Å². The number of hydrogen-bond acceptors (Lipinski definition) is 4. The largest absolute Gasteiger partial charge is 0.351 e. The Morgan fingerprint density at radius 2 is 2.10 bits per heavy atom. The van der Waals surface area contributed by atoms with E-state index in [0.29, 0.717) is 5.16 Å². The van der Waals surface area contributed by atoms with Gasteiger partial charge in [0.25, 0.3) is 0 Å². The summed E-state index contributed by atoms with van der Waals surface area (Å²) in [6.07, 6.45) is 3.50. The van der Waals surface area contributed by atoms with Crippen molar-refractivity contribution in [3.8, 4) is 5.69 Å². The number of nitrogens with zero attached hydrogens (tertiary/aromatic N) is 2. The Hall–Kier alpha value is -2.28. The summed E-state index contributed by atoms with van der Waals surface area (Å²) in [5.41, 5.74) is 8.27. The number of thioether (sulfide) groups is 1. The molecule has 0 saturated heterocycles. The fourth-order valence-electron chi connectivity index (χ4n) is 1.77. The SMILES string of the molecule is Cc1ccc(-n2ccnc2SCC(=O)NC(N)=O)cc1C. The first kappa shape index (κ1) is 15.1. The highest BCUT2D eigenvalue weighted by Gasteiger charge is 2.10. The molecule has 0 aliphatic carbocycles. The van der Waals surface area contributed by atoms with Gasteiger partial charge in [0.05, 0.1) is 5.75 Å². The number of amides is 3. The lowest BCUT2D eigenvalue weighted by atomic mass is 10.1. The molecule has 3 amide bonds. The highest BCUT2D eigenvalue weighted by molar-refractivity contribution is 7.99. The summed E-state index contributed by atoms with van der Waals surface area (Å²) in [6, 6.07) is 5.25. The van der Waals surface area contributed by atoms with Gasteiger partial charge in [0.15, 0.2) is 5.16 Å². The average molecular weight is 304 g/mol. The van der Waals surface area contributed by atoms with Crippen LogP contribution in [-0.2, 0) is 4.79 Å². The minimum atomic E-state index is -0.849. The molecule has 0 saturated carbocycles. The maximum absolute atomic E-state index is 11.4. The van der Waals surface area contributed by atoms with E-state index in [0.717, 1.165) is 5.69 Å². The maximum Gasteiger partial charge on any atom is 0.318 e. The molecule has 0 aliphatic rings. The molecule has 0 radical (unpaired) electrons. The Bertz CT molecular complexity index is 681. The van der Waals surface area contributed by atoms with E-state index in [1.165, 1.54) is 22.9 Å². The summed E-state index contributed by atoms with van der Waals surface area (Å²) in [5, 5.41) is 2.70. The van der Waals surface area contributed by atoms with Gasteiger partial charge in [-0.25, -0.2) is 9.78 Å². The van der Waals surface area contributed by atoms with Crippen LogP contribution in [-0.4, -0.2) is 27.2 Å². The normalized spacial score (nSPS) is 10.4. The molecule has 3 N–H and O–H groups in total. The first-order chi connectivity index (χ1) is 9.97. The third-order valence-electron chi connectivity index (χ3n) is 2.97. The Balaban J connectivity index is 2.13. The summed E-state index contributed by atoms with van der Waals surface area (Å²) >= 11 is 1.24. The molecule has 2 aromatic rings. The highest BCUT2D eigenvalue weighted by Crippen LogP contribution is 2.21. The molecule has 1 heterocycles. The van der Waals surface area contributed by atoms with Crippen molar-refractivity contribution in [2.75, 3.05) is 5.75 Å². The van der Waals surface area contributed by atoms with E-state index >= 15 is 0 Å². The van der Waals surface area contributed by atoms with Crippen LogP contribution in [0.4, 0.5) is 4.79 Å². The lowest BCUT2D eigenvalue weighted by Crippen LogP contribution is -2.36. The van der Waals surface area contributed by atoms with E-state index in [4.69, 9.17) is 5.73 Å². The van der Waals surface area contributed by atoms with Crippen LogP contribution in [0.1, 0.15) is 11.1 Å². The zero-order valence-electron chi connectivity index (χ0n) is 11.8. The first-order valence-corrected chi connectivity index (χ1v) is 7.29. The second-order valence-electron chi connectivity index (χ2n) is 4.55. The molecule has 0 atom stereocenters. The Morgan fingerprint density at radius 1 is 1.33 bits per heavy atom. The van der Waals surface area contributed by atoms with Crippen molar-refractivity contribution in [3.05, 3.63) is 41.7 Å². The molecular formula is C14H16N4O2S. The second-order valence-corrected chi connectivity index (χ2v) is 5.49. The number of hydrogen-bond donors (Lipinski definition) is 2. The van der Waals surface area contributed by atoms with E-state index in [1.807, 2.05) is 35.1 Å². The monoisotopic (exact) mass is 304 g/mol. The van der Waals surface area contributed by atoms with Crippen LogP contribution in [0, 0.1) is 13.8 Å². The number of carbonyl (C=O) groups is 2. The average Bonchev–Trinajstić information content (AvgIpc) is 2.87. The van der Waals surface area contributed by atoms with Crippen LogP contribution in [0.3, 0.4) is 0 Å². The number of aromatic nitrogens is 2. The van der Waals surface area contributed by atoms with Gasteiger partial charge < -0.3 is 5.73 Å². The molecule has 0 bridgehead atoms. The number of carbonyl (C=O) groups excluding carboxylic acids is 2. The number of imidazole rings is 1. The summed E-state index contributed by atoms with van der Waals surface area (Å²) < 4.78 is 1.90. The van der Waals surface area contributed by atoms with Gasteiger partial charge in [0, 0.05) is 18.1 Å². The number of urea groups is 1. The van der Waals surface area contributed by atoms with Gasteiger partial charge in [-0.15, -0.1) is 0 Å². The van der Waals surface area contributed by atoms with Crippen LogP contribution < -0.4 is 11.1 Å². The first-order valence-electron chi connectivity index (χ1n) is 6.30.